The summed E-state index contributed by atoms with van der Waals surface area (Å²) in [5, 5.41) is 0.239. The Balaban J connectivity index is 1.70. The predicted octanol–water partition coefficient (Wildman–Crippen LogP) is 2.94. The van der Waals surface area contributed by atoms with Gasteiger partial charge in [-0.2, -0.15) is 0 Å². The van der Waals surface area contributed by atoms with Gasteiger partial charge in [-0.15, -0.1) is 11.3 Å². The van der Waals surface area contributed by atoms with Crippen molar-refractivity contribution in [3.8, 4) is 0 Å². The third kappa shape index (κ3) is 3.26. The molecule has 0 saturated carbocycles. The van der Waals surface area contributed by atoms with Crippen LogP contribution in [0.15, 0.2) is 24.3 Å². The lowest BCUT2D eigenvalue weighted by Crippen LogP contribution is -2.57. The van der Waals surface area contributed by atoms with Crippen LogP contribution in [0.5, 0.6) is 0 Å². The molecule has 0 radical (unpaired) electrons. The molecule has 2 heterocycles. The predicted molar refractivity (Wildman–Crippen MR) is 90.1 cm³/mol. The van der Waals surface area contributed by atoms with E-state index in [1.54, 1.807) is 17.0 Å². The van der Waals surface area contributed by atoms with Gasteiger partial charge in [-0.1, -0.05) is 13.8 Å². The summed E-state index contributed by atoms with van der Waals surface area (Å²) in [5.41, 5.74) is 0. The van der Waals surface area contributed by atoms with E-state index in [1.807, 2.05) is 13.8 Å². The SMILES string of the molecule is CC(C)CS(=O)(=O)C1CN(C(=O)c2cc3cc(F)ccc3s2)C1. The van der Waals surface area contributed by atoms with Gasteiger partial charge in [-0.3, -0.25) is 4.79 Å². The van der Waals surface area contributed by atoms with Crippen molar-refractivity contribution < 1.29 is 17.6 Å². The van der Waals surface area contributed by atoms with E-state index in [-0.39, 0.29) is 36.5 Å². The summed E-state index contributed by atoms with van der Waals surface area (Å²) in [4.78, 5) is 14.5. The Labute approximate surface area is 138 Å². The van der Waals surface area contributed by atoms with Crippen LogP contribution >= 0.6 is 11.3 Å². The molecule has 0 N–H and O–H groups in total. The van der Waals surface area contributed by atoms with E-state index in [2.05, 4.69) is 0 Å². The first-order chi connectivity index (χ1) is 10.8. The van der Waals surface area contributed by atoms with E-state index < -0.39 is 15.1 Å². The minimum Gasteiger partial charge on any atom is -0.335 e. The third-order valence-corrected chi connectivity index (χ3v) is 7.45. The number of hydrogen-bond acceptors (Lipinski definition) is 4. The number of halogens is 1. The largest absolute Gasteiger partial charge is 0.335 e. The molecule has 1 amide bonds. The number of likely N-dealkylation sites (tertiary alicyclic amines) is 1. The van der Waals surface area contributed by atoms with Gasteiger partial charge in [0.05, 0.1) is 15.9 Å². The van der Waals surface area contributed by atoms with E-state index in [1.165, 1.54) is 23.5 Å². The van der Waals surface area contributed by atoms with E-state index in [9.17, 15) is 17.6 Å². The molecule has 124 valence electrons. The summed E-state index contributed by atoms with van der Waals surface area (Å²) in [6.07, 6.45) is 0. The maximum absolute atomic E-state index is 13.2. The molecular weight excluding hydrogens is 337 g/mol. The average molecular weight is 355 g/mol. The van der Waals surface area contributed by atoms with Crippen molar-refractivity contribution in [2.45, 2.75) is 19.1 Å². The second kappa shape index (κ2) is 5.87. The summed E-state index contributed by atoms with van der Waals surface area (Å²) >= 11 is 1.30. The van der Waals surface area contributed by atoms with Crippen LogP contribution in [0.25, 0.3) is 10.1 Å². The number of carbonyl (C=O) groups excluding carboxylic acids is 1. The maximum Gasteiger partial charge on any atom is 0.264 e. The Morgan fingerprint density at radius 1 is 1.35 bits per heavy atom. The quantitative estimate of drug-likeness (QED) is 0.847. The number of benzene rings is 1. The molecule has 4 nitrogen and oxygen atoms in total. The van der Waals surface area contributed by atoms with Gasteiger partial charge in [-0.25, -0.2) is 12.8 Å². The van der Waals surface area contributed by atoms with Crippen molar-refractivity contribution in [1.29, 1.82) is 0 Å². The Hall–Kier alpha value is -1.47. The van der Waals surface area contributed by atoms with Gasteiger partial charge in [0.25, 0.3) is 5.91 Å². The molecule has 0 atom stereocenters. The van der Waals surface area contributed by atoms with Crippen molar-refractivity contribution in [3.63, 3.8) is 0 Å². The molecule has 0 aliphatic carbocycles. The summed E-state index contributed by atoms with van der Waals surface area (Å²) in [5.74, 6) is -0.273. The lowest BCUT2D eigenvalue weighted by atomic mass is 10.2. The normalized spacial score (nSPS) is 16.1. The first-order valence-corrected chi connectivity index (χ1v) is 9.99. The fraction of sp³-hybridized carbons (Fsp3) is 0.438. The van der Waals surface area contributed by atoms with Gasteiger partial charge in [0.1, 0.15) is 5.82 Å². The first kappa shape index (κ1) is 16.4. The zero-order valence-electron chi connectivity index (χ0n) is 13.0. The fourth-order valence-electron chi connectivity index (χ4n) is 2.71. The molecule has 2 aromatic rings. The minimum absolute atomic E-state index is 0.0854. The van der Waals surface area contributed by atoms with Gasteiger partial charge in [-0.05, 0) is 35.6 Å². The van der Waals surface area contributed by atoms with Crippen LogP contribution in [0.4, 0.5) is 4.39 Å². The molecule has 0 bridgehead atoms. The summed E-state index contributed by atoms with van der Waals surface area (Å²) in [7, 11) is -3.14. The average Bonchev–Trinajstić information content (AvgIpc) is 2.77. The van der Waals surface area contributed by atoms with Crippen molar-refractivity contribution in [1.82, 2.24) is 4.90 Å². The van der Waals surface area contributed by atoms with Crippen LogP contribution in [0.3, 0.4) is 0 Å². The molecule has 1 aromatic carbocycles. The summed E-state index contributed by atoms with van der Waals surface area (Å²) in [6.45, 7) is 4.23. The zero-order valence-corrected chi connectivity index (χ0v) is 14.6. The molecule has 1 aliphatic rings. The van der Waals surface area contributed by atoms with E-state index in [0.717, 1.165) is 4.70 Å². The van der Waals surface area contributed by atoms with Crippen LogP contribution in [-0.2, 0) is 9.84 Å². The Morgan fingerprint density at radius 3 is 2.70 bits per heavy atom. The van der Waals surface area contributed by atoms with Crippen LogP contribution in [0.2, 0.25) is 0 Å². The van der Waals surface area contributed by atoms with Gasteiger partial charge in [0.2, 0.25) is 0 Å². The van der Waals surface area contributed by atoms with Crippen molar-refractivity contribution in [2.75, 3.05) is 18.8 Å². The maximum atomic E-state index is 13.2. The van der Waals surface area contributed by atoms with Crippen LogP contribution in [0, 0.1) is 11.7 Å². The Morgan fingerprint density at radius 2 is 2.04 bits per heavy atom. The molecule has 1 fully saturated rings. The lowest BCUT2D eigenvalue weighted by Gasteiger charge is -2.38. The van der Waals surface area contributed by atoms with Crippen LogP contribution in [0.1, 0.15) is 23.5 Å². The van der Waals surface area contributed by atoms with E-state index >= 15 is 0 Å². The topological polar surface area (TPSA) is 54.5 Å². The standard InChI is InChI=1S/C16H18FNO3S2/c1-10(2)9-23(20,21)13-7-18(8-13)16(19)15-6-11-5-12(17)3-4-14(11)22-15/h3-6,10,13H,7-9H2,1-2H3. The highest BCUT2D eigenvalue weighted by atomic mass is 32.2. The highest BCUT2D eigenvalue weighted by molar-refractivity contribution is 7.92. The molecule has 23 heavy (non-hydrogen) atoms. The number of sulfone groups is 1. The van der Waals surface area contributed by atoms with Crippen LogP contribution in [-0.4, -0.2) is 43.3 Å². The molecule has 1 aliphatic heterocycles. The number of carbonyl (C=O) groups is 1. The van der Waals surface area contributed by atoms with Gasteiger partial charge < -0.3 is 4.90 Å². The molecule has 7 heteroatoms. The van der Waals surface area contributed by atoms with Crippen LogP contribution < -0.4 is 0 Å². The lowest BCUT2D eigenvalue weighted by molar-refractivity contribution is 0.0664. The number of rotatable bonds is 4. The van der Waals surface area contributed by atoms with Crippen molar-refractivity contribution in [3.05, 3.63) is 35.0 Å². The van der Waals surface area contributed by atoms with E-state index in [4.69, 9.17) is 0 Å². The van der Waals surface area contributed by atoms with Crippen molar-refractivity contribution >= 4 is 37.2 Å². The minimum atomic E-state index is -3.14. The van der Waals surface area contributed by atoms with Crippen molar-refractivity contribution in [2.24, 2.45) is 5.92 Å². The zero-order chi connectivity index (χ0) is 16.8. The number of fused-ring (bicyclic) bond motifs is 1. The molecule has 0 unspecified atom stereocenters. The third-order valence-electron chi connectivity index (χ3n) is 3.90. The molecule has 1 aromatic heterocycles. The molecule has 3 rings (SSSR count). The fourth-order valence-corrected chi connectivity index (χ4v) is 5.73. The monoisotopic (exact) mass is 355 g/mol. The first-order valence-electron chi connectivity index (χ1n) is 7.46. The Bertz CT molecular complexity index is 851. The van der Waals surface area contributed by atoms with Gasteiger partial charge in [0.15, 0.2) is 9.84 Å². The summed E-state index contributed by atoms with van der Waals surface area (Å²) < 4.78 is 38.3. The second-order valence-electron chi connectivity index (χ2n) is 6.35. The second-order valence-corrected chi connectivity index (χ2v) is 9.76. The number of hydrogen-bond donors (Lipinski definition) is 0. The Kier molecular flexibility index (Phi) is 4.18. The highest BCUT2D eigenvalue weighted by Crippen LogP contribution is 2.29. The number of nitrogens with zero attached hydrogens (tertiary/aromatic N) is 1. The van der Waals surface area contributed by atoms with E-state index in [0.29, 0.717) is 10.3 Å². The molecule has 1 saturated heterocycles. The highest BCUT2D eigenvalue weighted by Gasteiger charge is 2.40. The molecular formula is C16H18FNO3S2. The molecule has 0 spiro atoms. The van der Waals surface area contributed by atoms with Gasteiger partial charge in [0, 0.05) is 17.8 Å². The van der Waals surface area contributed by atoms with Gasteiger partial charge >= 0.3 is 0 Å². The smallest absolute Gasteiger partial charge is 0.264 e. The number of thiophene rings is 1. The summed E-state index contributed by atoms with van der Waals surface area (Å²) in [6, 6.07) is 6.08. The number of amides is 1.